The molecule has 1 saturated carbocycles. The number of carbonyl (C=O) groups is 1. The number of carbonyl (C=O) groups excluding carboxylic acids is 1. The highest BCUT2D eigenvalue weighted by Crippen LogP contribution is 2.48. The van der Waals surface area contributed by atoms with Crippen LogP contribution in [0.3, 0.4) is 0 Å². The number of morpholine rings is 1. The molecule has 3 unspecified atom stereocenters. The Morgan fingerprint density at radius 1 is 1.37 bits per heavy atom. The van der Waals surface area contributed by atoms with Gasteiger partial charge in [0.15, 0.2) is 0 Å². The zero-order valence-corrected chi connectivity index (χ0v) is 10.9. The number of amides is 1. The molecular formula is C15H19NO3. The average Bonchev–Trinajstić information content (AvgIpc) is 3.28. The fourth-order valence-corrected chi connectivity index (χ4v) is 2.80. The number of benzene rings is 1. The van der Waals surface area contributed by atoms with E-state index in [1.165, 1.54) is 5.56 Å². The molecule has 3 atom stereocenters. The highest BCUT2D eigenvalue weighted by molar-refractivity contribution is 5.83. The van der Waals surface area contributed by atoms with Crippen molar-refractivity contribution < 1.29 is 14.6 Å². The van der Waals surface area contributed by atoms with Crippen molar-refractivity contribution in [2.75, 3.05) is 26.3 Å². The van der Waals surface area contributed by atoms with E-state index in [1.807, 2.05) is 23.1 Å². The summed E-state index contributed by atoms with van der Waals surface area (Å²) in [4.78, 5) is 14.2. The van der Waals surface area contributed by atoms with Crippen molar-refractivity contribution in [2.24, 2.45) is 5.92 Å². The van der Waals surface area contributed by atoms with E-state index in [0.29, 0.717) is 25.6 Å². The van der Waals surface area contributed by atoms with E-state index in [1.54, 1.807) is 0 Å². The molecule has 1 N–H and O–H groups in total. The van der Waals surface area contributed by atoms with Crippen LogP contribution in [-0.2, 0) is 9.53 Å². The van der Waals surface area contributed by atoms with E-state index < -0.39 is 0 Å². The summed E-state index contributed by atoms with van der Waals surface area (Å²) in [5.41, 5.74) is 1.26. The quantitative estimate of drug-likeness (QED) is 0.883. The number of hydrogen-bond acceptors (Lipinski definition) is 3. The lowest BCUT2D eigenvalue weighted by Crippen LogP contribution is -2.47. The molecule has 0 radical (unpaired) electrons. The van der Waals surface area contributed by atoms with Crippen molar-refractivity contribution in [1.29, 1.82) is 0 Å². The summed E-state index contributed by atoms with van der Waals surface area (Å²) in [5, 5.41) is 9.11. The molecule has 102 valence electrons. The molecule has 1 amide bonds. The largest absolute Gasteiger partial charge is 0.394 e. The van der Waals surface area contributed by atoms with Gasteiger partial charge in [-0.05, 0) is 17.9 Å². The molecule has 1 saturated heterocycles. The lowest BCUT2D eigenvalue weighted by molar-refractivity contribution is -0.141. The second-order valence-corrected chi connectivity index (χ2v) is 5.32. The van der Waals surface area contributed by atoms with Crippen LogP contribution in [0.25, 0.3) is 0 Å². The number of nitrogens with zero attached hydrogens (tertiary/aromatic N) is 1. The molecular weight excluding hydrogens is 242 g/mol. The molecule has 1 heterocycles. The Bertz CT molecular complexity index is 448. The highest BCUT2D eigenvalue weighted by Gasteiger charge is 2.46. The molecule has 0 spiro atoms. The molecule has 4 heteroatoms. The summed E-state index contributed by atoms with van der Waals surface area (Å²) < 4.78 is 5.38. The van der Waals surface area contributed by atoms with Gasteiger partial charge in [0.1, 0.15) is 0 Å². The van der Waals surface area contributed by atoms with Crippen molar-refractivity contribution in [3.63, 3.8) is 0 Å². The van der Waals surface area contributed by atoms with Crippen LogP contribution in [0.1, 0.15) is 17.9 Å². The standard InChI is InChI=1S/C15H19NO3/c17-10-12-9-16(6-7-19-12)15(18)14-8-13(14)11-4-2-1-3-5-11/h1-5,12-14,17H,6-10H2. The van der Waals surface area contributed by atoms with Crippen LogP contribution in [0.15, 0.2) is 30.3 Å². The lowest BCUT2D eigenvalue weighted by Gasteiger charge is -2.32. The minimum absolute atomic E-state index is 0.0173. The van der Waals surface area contributed by atoms with E-state index in [0.717, 1.165) is 6.42 Å². The van der Waals surface area contributed by atoms with Crippen LogP contribution in [0.5, 0.6) is 0 Å². The van der Waals surface area contributed by atoms with Crippen molar-refractivity contribution in [3.05, 3.63) is 35.9 Å². The van der Waals surface area contributed by atoms with Gasteiger partial charge in [0.2, 0.25) is 5.91 Å². The van der Waals surface area contributed by atoms with Gasteiger partial charge < -0.3 is 14.7 Å². The van der Waals surface area contributed by atoms with E-state index in [2.05, 4.69) is 12.1 Å². The summed E-state index contributed by atoms with van der Waals surface area (Å²) in [6.45, 7) is 1.68. The van der Waals surface area contributed by atoms with Crippen molar-refractivity contribution >= 4 is 5.91 Å². The van der Waals surface area contributed by atoms with Crippen LogP contribution in [0.4, 0.5) is 0 Å². The molecule has 19 heavy (non-hydrogen) atoms. The van der Waals surface area contributed by atoms with Gasteiger partial charge in [0, 0.05) is 19.0 Å². The number of rotatable bonds is 3. The molecule has 4 nitrogen and oxygen atoms in total. The smallest absolute Gasteiger partial charge is 0.226 e. The molecule has 1 aliphatic carbocycles. The van der Waals surface area contributed by atoms with E-state index in [-0.39, 0.29) is 24.5 Å². The van der Waals surface area contributed by atoms with Gasteiger partial charge in [-0.3, -0.25) is 4.79 Å². The first-order valence-corrected chi connectivity index (χ1v) is 6.86. The second kappa shape index (κ2) is 5.31. The van der Waals surface area contributed by atoms with Gasteiger partial charge in [-0.25, -0.2) is 0 Å². The zero-order chi connectivity index (χ0) is 13.2. The predicted molar refractivity (Wildman–Crippen MR) is 70.7 cm³/mol. The lowest BCUT2D eigenvalue weighted by atomic mass is 10.1. The first kappa shape index (κ1) is 12.6. The maximum Gasteiger partial charge on any atom is 0.226 e. The molecule has 0 aromatic heterocycles. The van der Waals surface area contributed by atoms with Gasteiger partial charge in [-0.2, -0.15) is 0 Å². The molecule has 2 fully saturated rings. The predicted octanol–water partition coefficient (Wildman–Crippen LogP) is 1.01. The zero-order valence-electron chi connectivity index (χ0n) is 10.9. The molecule has 1 aromatic rings. The molecule has 1 aliphatic heterocycles. The third-order valence-electron chi connectivity index (χ3n) is 3.99. The Hall–Kier alpha value is -1.39. The fourth-order valence-electron chi connectivity index (χ4n) is 2.80. The Kier molecular flexibility index (Phi) is 3.53. The minimum Gasteiger partial charge on any atom is -0.394 e. The molecule has 3 rings (SSSR count). The Balaban J connectivity index is 1.60. The Morgan fingerprint density at radius 2 is 2.16 bits per heavy atom. The van der Waals surface area contributed by atoms with E-state index in [4.69, 9.17) is 9.84 Å². The summed E-state index contributed by atoms with van der Waals surface area (Å²) in [6.07, 6.45) is 0.732. The number of aliphatic hydroxyl groups excluding tert-OH is 1. The van der Waals surface area contributed by atoms with Crippen molar-refractivity contribution in [3.8, 4) is 0 Å². The van der Waals surface area contributed by atoms with Crippen LogP contribution in [-0.4, -0.2) is 48.3 Å². The maximum atomic E-state index is 12.4. The first-order valence-electron chi connectivity index (χ1n) is 6.86. The van der Waals surface area contributed by atoms with Crippen molar-refractivity contribution in [2.45, 2.75) is 18.4 Å². The second-order valence-electron chi connectivity index (χ2n) is 5.32. The van der Waals surface area contributed by atoms with Gasteiger partial charge in [-0.1, -0.05) is 30.3 Å². The third-order valence-corrected chi connectivity index (χ3v) is 3.99. The van der Waals surface area contributed by atoms with Crippen LogP contribution in [0.2, 0.25) is 0 Å². The topological polar surface area (TPSA) is 49.8 Å². The van der Waals surface area contributed by atoms with E-state index in [9.17, 15) is 4.79 Å². The number of hydrogen-bond donors (Lipinski definition) is 1. The monoisotopic (exact) mass is 261 g/mol. The highest BCUT2D eigenvalue weighted by atomic mass is 16.5. The summed E-state index contributed by atoms with van der Waals surface area (Å²) >= 11 is 0. The summed E-state index contributed by atoms with van der Waals surface area (Å²) in [7, 11) is 0. The Labute approximate surface area is 113 Å². The number of ether oxygens (including phenoxy) is 1. The van der Waals surface area contributed by atoms with E-state index >= 15 is 0 Å². The summed E-state index contributed by atoms with van der Waals surface area (Å²) in [6, 6.07) is 10.2. The van der Waals surface area contributed by atoms with Gasteiger partial charge >= 0.3 is 0 Å². The first-order chi connectivity index (χ1) is 9.29. The average molecular weight is 261 g/mol. The maximum absolute atomic E-state index is 12.4. The van der Waals surface area contributed by atoms with Crippen LogP contribution in [0, 0.1) is 5.92 Å². The Morgan fingerprint density at radius 3 is 2.89 bits per heavy atom. The molecule has 2 aliphatic rings. The normalized spacial score (nSPS) is 30.2. The van der Waals surface area contributed by atoms with Gasteiger partial charge in [0.25, 0.3) is 0 Å². The third kappa shape index (κ3) is 2.65. The number of aliphatic hydroxyl groups is 1. The fraction of sp³-hybridized carbons (Fsp3) is 0.533. The molecule has 0 bridgehead atoms. The van der Waals surface area contributed by atoms with Gasteiger partial charge in [0.05, 0.1) is 19.3 Å². The van der Waals surface area contributed by atoms with Crippen LogP contribution >= 0.6 is 0 Å². The molecule has 1 aromatic carbocycles. The SMILES string of the molecule is O=C(C1CC1c1ccccc1)N1CCOC(CO)C1. The minimum atomic E-state index is -0.216. The van der Waals surface area contributed by atoms with Crippen molar-refractivity contribution in [1.82, 2.24) is 4.90 Å². The van der Waals surface area contributed by atoms with Gasteiger partial charge in [-0.15, -0.1) is 0 Å². The van der Waals surface area contributed by atoms with Crippen LogP contribution < -0.4 is 0 Å². The summed E-state index contributed by atoms with van der Waals surface area (Å²) in [5.74, 6) is 0.722.